The first-order chi connectivity index (χ1) is 13.2. The molecule has 0 radical (unpaired) electrons. The summed E-state index contributed by atoms with van der Waals surface area (Å²) in [5.74, 6) is -0.709. The normalized spacial score (nSPS) is 11.6. The molecule has 27 heavy (non-hydrogen) atoms. The van der Waals surface area contributed by atoms with Crippen LogP contribution in [0.1, 0.15) is 26.4 Å². The molecule has 0 aliphatic heterocycles. The highest BCUT2D eigenvalue weighted by molar-refractivity contribution is 5.94. The van der Waals surface area contributed by atoms with Crippen molar-refractivity contribution in [3.8, 4) is 0 Å². The lowest BCUT2D eigenvalue weighted by Crippen LogP contribution is -2.39. The van der Waals surface area contributed by atoms with E-state index in [1.54, 1.807) is 12.1 Å². The smallest absolute Gasteiger partial charge is 0.360 e. The van der Waals surface area contributed by atoms with Gasteiger partial charge in [-0.3, -0.25) is 4.79 Å². The Morgan fingerprint density at radius 2 is 1.74 bits per heavy atom. The van der Waals surface area contributed by atoms with Crippen LogP contribution in [0.2, 0.25) is 0 Å². The van der Waals surface area contributed by atoms with Crippen molar-refractivity contribution in [2.45, 2.75) is 19.0 Å². The summed E-state index contributed by atoms with van der Waals surface area (Å²) in [5, 5.41) is 10.8. The van der Waals surface area contributed by atoms with Crippen LogP contribution >= 0.6 is 0 Å². The number of carbonyl (C=O) groups excluding carboxylic acids is 2. The molecule has 0 aliphatic carbocycles. The van der Waals surface area contributed by atoms with Gasteiger partial charge in [-0.2, -0.15) is 0 Å². The van der Waals surface area contributed by atoms with E-state index in [4.69, 9.17) is 0 Å². The van der Waals surface area contributed by atoms with E-state index in [9.17, 15) is 9.59 Å². The fourth-order valence-electron chi connectivity index (χ4n) is 2.73. The van der Waals surface area contributed by atoms with Crippen molar-refractivity contribution < 1.29 is 14.3 Å². The third kappa shape index (κ3) is 5.01. The third-order valence-corrected chi connectivity index (χ3v) is 4.04. The van der Waals surface area contributed by atoms with Gasteiger partial charge in [0.25, 0.3) is 5.91 Å². The molecule has 3 rings (SSSR count). The van der Waals surface area contributed by atoms with Crippen LogP contribution in [-0.4, -0.2) is 40.0 Å². The van der Waals surface area contributed by atoms with Gasteiger partial charge < -0.3 is 10.1 Å². The quantitative estimate of drug-likeness (QED) is 0.649. The number of esters is 1. The van der Waals surface area contributed by atoms with E-state index < -0.39 is 5.97 Å². The highest BCUT2D eigenvalue weighted by Crippen LogP contribution is 2.08. The number of nitrogens with one attached hydrogen (secondary N) is 1. The molecule has 7 heteroatoms. The monoisotopic (exact) mass is 364 g/mol. The number of hydrogen-bond acceptors (Lipinski definition) is 5. The van der Waals surface area contributed by atoms with Gasteiger partial charge >= 0.3 is 5.97 Å². The Labute approximate surface area is 157 Å². The Morgan fingerprint density at radius 1 is 1.07 bits per heavy atom. The van der Waals surface area contributed by atoms with E-state index in [0.29, 0.717) is 18.5 Å². The van der Waals surface area contributed by atoms with Crippen molar-refractivity contribution in [3.63, 3.8) is 0 Å². The average Bonchev–Trinajstić information content (AvgIpc) is 3.17. The van der Waals surface area contributed by atoms with E-state index in [1.165, 1.54) is 18.0 Å². The molecule has 1 aromatic heterocycles. The number of nitrogens with zero attached hydrogens (tertiary/aromatic N) is 3. The second-order valence-corrected chi connectivity index (χ2v) is 6.04. The van der Waals surface area contributed by atoms with E-state index in [1.807, 2.05) is 48.5 Å². The van der Waals surface area contributed by atoms with Crippen LogP contribution < -0.4 is 5.32 Å². The van der Waals surface area contributed by atoms with Crippen LogP contribution in [0.5, 0.6) is 0 Å². The molecule has 2 aromatic carbocycles. The predicted octanol–water partition coefficient (Wildman–Crippen LogP) is 2.11. The van der Waals surface area contributed by atoms with Crippen LogP contribution in [0.25, 0.3) is 0 Å². The molecule has 0 fully saturated rings. The Balaban J connectivity index is 1.76. The maximum atomic E-state index is 12.6. The second-order valence-electron chi connectivity index (χ2n) is 6.04. The Morgan fingerprint density at radius 3 is 2.41 bits per heavy atom. The Bertz CT molecular complexity index is 894. The number of hydrogen-bond donors (Lipinski definition) is 1. The fraction of sp³-hybridized carbons (Fsp3) is 0.200. The zero-order valence-corrected chi connectivity index (χ0v) is 14.9. The molecule has 0 saturated heterocycles. The standard InChI is InChI=1S/C20H20N4O3/c1-27-20(26)18-14-24(23-22-18)13-17(12-15-8-4-2-5-9-15)21-19(25)16-10-6-3-7-11-16/h2-11,14,17H,12-13H2,1H3,(H,21,25)/t17-/m0/s1. The van der Waals surface area contributed by atoms with Gasteiger partial charge in [-0.25, -0.2) is 9.48 Å². The summed E-state index contributed by atoms with van der Waals surface area (Å²) in [7, 11) is 1.29. The van der Waals surface area contributed by atoms with Gasteiger partial charge in [0.15, 0.2) is 5.69 Å². The van der Waals surface area contributed by atoms with Gasteiger partial charge in [0.1, 0.15) is 0 Å². The number of rotatable bonds is 7. The molecule has 7 nitrogen and oxygen atoms in total. The van der Waals surface area contributed by atoms with Crippen molar-refractivity contribution in [1.82, 2.24) is 20.3 Å². The SMILES string of the molecule is COC(=O)c1cn(C[C@H](Cc2ccccc2)NC(=O)c2ccccc2)nn1. The molecular formula is C20H20N4O3. The summed E-state index contributed by atoms with van der Waals surface area (Å²) >= 11 is 0. The highest BCUT2D eigenvalue weighted by Gasteiger charge is 2.17. The molecule has 0 aliphatic rings. The lowest BCUT2D eigenvalue weighted by atomic mass is 10.1. The first kappa shape index (κ1) is 18.3. The largest absolute Gasteiger partial charge is 0.464 e. The molecule has 0 bridgehead atoms. The summed E-state index contributed by atoms with van der Waals surface area (Å²) in [5.41, 5.74) is 1.80. The molecule has 0 spiro atoms. The highest BCUT2D eigenvalue weighted by atomic mass is 16.5. The van der Waals surface area contributed by atoms with Crippen molar-refractivity contribution in [2.75, 3.05) is 7.11 Å². The molecule has 138 valence electrons. The summed E-state index contributed by atoms with van der Waals surface area (Å²) < 4.78 is 6.18. The van der Waals surface area contributed by atoms with Crippen LogP contribution in [0.4, 0.5) is 0 Å². The maximum Gasteiger partial charge on any atom is 0.360 e. The minimum atomic E-state index is -0.547. The molecule has 1 atom stereocenters. The first-order valence-electron chi connectivity index (χ1n) is 8.54. The van der Waals surface area contributed by atoms with E-state index in [2.05, 4.69) is 20.4 Å². The summed E-state index contributed by atoms with van der Waals surface area (Å²) in [6, 6.07) is 18.7. The van der Waals surface area contributed by atoms with E-state index in [0.717, 1.165) is 5.56 Å². The van der Waals surface area contributed by atoms with Crippen LogP contribution in [0.3, 0.4) is 0 Å². The average molecular weight is 364 g/mol. The minimum absolute atomic E-state index is 0.130. The molecule has 0 unspecified atom stereocenters. The van der Waals surface area contributed by atoms with E-state index >= 15 is 0 Å². The van der Waals surface area contributed by atoms with Crippen molar-refractivity contribution >= 4 is 11.9 Å². The molecule has 1 heterocycles. The zero-order valence-electron chi connectivity index (χ0n) is 14.9. The molecule has 0 saturated carbocycles. The predicted molar refractivity (Wildman–Crippen MR) is 99.2 cm³/mol. The Hall–Kier alpha value is -3.48. The fourth-order valence-corrected chi connectivity index (χ4v) is 2.73. The van der Waals surface area contributed by atoms with Crippen LogP contribution in [-0.2, 0) is 17.7 Å². The van der Waals surface area contributed by atoms with Crippen LogP contribution in [0.15, 0.2) is 66.9 Å². The van der Waals surface area contributed by atoms with E-state index in [-0.39, 0.29) is 17.6 Å². The number of methoxy groups -OCH3 is 1. The van der Waals surface area contributed by atoms with Gasteiger partial charge in [-0.05, 0) is 24.1 Å². The van der Waals surface area contributed by atoms with Crippen molar-refractivity contribution in [3.05, 3.63) is 83.7 Å². The maximum absolute atomic E-state index is 12.6. The molecule has 3 aromatic rings. The van der Waals surface area contributed by atoms with Gasteiger partial charge in [0.05, 0.1) is 25.9 Å². The van der Waals surface area contributed by atoms with Gasteiger partial charge in [0, 0.05) is 5.56 Å². The lowest BCUT2D eigenvalue weighted by molar-refractivity contribution is 0.0593. The van der Waals surface area contributed by atoms with Gasteiger partial charge in [-0.1, -0.05) is 53.7 Å². The number of ether oxygens (including phenoxy) is 1. The number of amides is 1. The first-order valence-corrected chi connectivity index (χ1v) is 8.54. The number of aromatic nitrogens is 3. The molecule has 1 N–H and O–H groups in total. The number of carbonyl (C=O) groups is 2. The van der Waals surface area contributed by atoms with Gasteiger partial charge in [0.2, 0.25) is 0 Å². The van der Waals surface area contributed by atoms with Crippen LogP contribution in [0, 0.1) is 0 Å². The molecular weight excluding hydrogens is 344 g/mol. The second kappa shape index (κ2) is 8.75. The summed E-state index contributed by atoms with van der Waals surface area (Å²) in [4.78, 5) is 24.1. The summed E-state index contributed by atoms with van der Waals surface area (Å²) in [6.07, 6.45) is 2.13. The molecule has 1 amide bonds. The topological polar surface area (TPSA) is 86.1 Å². The third-order valence-electron chi connectivity index (χ3n) is 4.04. The summed E-state index contributed by atoms with van der Waals surface area (Å²) in [6.45, 7) is 0.372. The lowest BCUT2D eigenvalue weighted by Gasteiger charge is -2.19. The Kier molecular flexibility index (Phi) is 5.94. The minimum Gasteiger partial charge on any atom is -0.464 e. The van der Waals surface area contributed by atoms with Crippen molar-refractivity contribution in [2.24, 2.45) is 0 Å². The zero-order chi connectivity index (χ0) is 19.1. The van der Waals surface area contributed by atoms with Gasteiger partial charge in [-0.15, -0.1) is 5.10 Å². The van der Waals surface area contributed by atoms with Crippen molar-refractivity contribution in [1.29, 1.82) is 0 Å². The number of benzene rings is 2.